The Morgan fingerprint density at radius 3 is 2.17 bits per heavy atom. The highest BCUT2D eigenvalue weighted by Gasteiger charge is 2.31. The Hall–Kier alpha value is 0.100. The first kappa shape index (κ1) is 21.1. The standard InChI is InChI=1S/C19H30Br2O2/c1-3-4-17(20)8-5-15(2)11-19(13-22,14-23)12-16-6-9-18(21)10-7-16/h6-7,9-10,15,17,22-23H,3-5,8,11-14H2,1-2H3. The second-order valence-corrected chi connectivity index (χ2v) is 9.10. The van der Waals surface area contributed by atoms with E-state index in [4.69, 9.17) is 0 Å². The van der Waals surface area contributed by atoms with Crippen LogP contribution in [0.5, 0.6) is 0 Å². The van der Waals surface area contributed by atoms with Gasteiger partial charge < -0.3 is 10.2 Å². The summed E-state index contributed by atoms with van der Waals surface area (Å²) in [6, 6.07) is 8.14. The van der Waals surface area contributed by atoms with E-state index in [2.05, 4.69) is 57.8 Å². The molecule has 1 aromatic carbocycles. The van der Waals surface area contributed by atoms with Gasteiger partial charge in [-0.3, -0.25) is 0 Å². The lowest BCUT2D eigenvalue weighted by Crippen LogP contribution is -2.34. The summed E-state index contributed by atoms with van der Waals surface area (Å²) in [5.41, 5.74) is 0.729. The van der Waals surface area contributed by atoms with E-state index >= 15 is 0 Å². The zero-order chi connectivity index (χ0) is 17.3. The molecule has 0 fully saturated rings. The second-order valence-electron chi connectivity index (χ2n) is 6.89. The number of halogens is 2. The molecule has 0 bridgehead atoms. The van der Waals surface area contributed by atoms with Crippen molar-refractivity contribution >= 4 is 31.9 Å². The largest absolute Gasteiger partial charge is 0.396 e. The molecule has 2 unspecified atom stereocenters. The third-order valence-electron chi connectivity index (χ3n) is 4.52. The summed E-state index contributed by atoms with van der Waals surface area (Å²) in [7, 11) is 0. The Bertz CT molecular complexity index is 430. The molecular weight excluding hydrogens is 420 g/mol. The van der Waals surface area contributed by atoms with Gasteiger partial charge in [-0.25, -0.2) is 0 Å². The van der Waals surface area contributed by atoms with Gasteiger partial charge in [-0.1, -0.05) is 64.3 Å². The van der Waals surface area contributed by atoms with Crippen molar-refractivity contribution < 1.29 is 10.2 Å². The maximum atomic E-state index is 9.92. The molecular formula is C19H30Br2O2. The van der Waals surface area contributed by atoms with Crippen LogP contribution in [-0.4, -0.2) is 28.3 Å². The molecule has 23 heavy (non-hydrogen) atoms. The summed E-state index contributed by atoms with van der Waals surface area (Å²) < 4.78 is 1.05. The monoisotopic (exact) mass is 448 g/mol. The molecule has 0 aromatic heterocycles. The molecule has 0 aliphatic rings. The summed E-state index contributed by atoms with van der Waals surface area (Å²) in [4.78, 5) is 0.582. The molecule has 1 rings (SSSR count). The average molecular weight is 450 g/mol. The molecule has 0 spiro atoms. The highest BCUT2D eigenvalue weighted by Crippen LogP contribution is 2.33. The van der Waals surface area contributed by atoms with E-state index in [-0.39, 0.29) is 13.2 Å². The van der Waals surface area contributed by atoms with Crippen LogP contribution in [0.4, 0.5) is 0 Å². The van der Waals surface area contributed by atoms with E-state index in [9.17, 15) is 10.2 Å². The molecule has 0 aliphatic heterocycles. The predicted octanol–water partition coefficient (Wildman–Crippen LogP) is 5.33. The van der Waals surface area contributed by atoms with Gasteiger partial charge >= 0.3 is 0 Å². The van der Waals surface area contributed by atoms with Crippen LogP contribution < -0.4 is 0 Å². The maximum Gasteiger partial charge on any atom is 0.0512 e. The molecule has 0 amide bonds. The van der Waals surface area contributed by atoms with E-state index in [1.807, 2.05) is 12.1 Å². The minimum atomic E-state index is -0.431. The molecule has 2 N–H and O–H groups in total. The van der Waals surface area contributed by atoms with Crippen molar-refractivity contribution in [2.75, 3.05) is 13.2 Å². The molecule has 2 atom stereocenters. The van der Waals surface area contributed by atoms with Gasteiger partial charge in [0, 0.05) is 14.7 Å². The average Bonchev–Trinajstić information content (AvgIpc) is 2.54. The lowest BCUT2D eigenvalue weighted by atomic mass is 9.75. The maximum absolute atomic E-state index is 9.92. The van der Waals surface area contributed by atoms with E-state index in [1.54, 1.807) is 0 Å². The minimum Gasteiger partial charge on any atom is -0.396 e. The Balaban J connectivity index is 2.63. The van der Waals surface area contributed by atoms with Gasteiger partial charge in [0.05, 0.1) is 13.2 Å². The lowest BCUT2D eigenvalue weighted by Gasteiger charge is -2.33. The third kappa shape index (κ3) is 7.68. The quantitative estimate of drug-likeness (QED) is 0.448. The van der Waals surface area contributed by atoms with Gasteiger partial charge in [0.25, 0.3) is 0 Å². The topological polar surface area (TPSA) is 40.5 Å². The SMILES string of the molecule is CCCC(Br)CCC(C)CC(CO)(CO)Cc1ccc(Br)cc1. The highest BCUT2D eigenvalue weighted by molar-refractivity contribution is 9.10. The minimum absolute atomic E-state index is 0.0244. The van der Waals surface area contributed by atoms with Crippen LogP contribution in [0.25, 0.3) is 0 Å². The van der Waals surface area contributed by atoms with Crippen LogP contribution in [0.2, 0.25) is 0 Å². The summed E-state index contributed by atoms with van der Waals surface area (Å²) in [5, 5.41) is 19.8. The fourth-order valence-corrected chi connectivity index (χ4v) is 4.15. The summed E-state index contributed by atoms with van der Waals surface area (Å²) >= 11 is 7.18. The molecule has 0 heterocycles. The molecule has 132 valence electrons. The molecule has 0 saturated carbocycles. The van der Waals surface area contributed by atoms with Gasteiger partial charge in [0.15, 0.2) is 0 Å². The number of aliphatic hydroxyl groups is 2. The zero-order valence-corrected chi connectivity index (χ0v) is 17.4. The summed E-state index contributed by atoms with van der Waals surface area (Å²) in [6.45, 7) is 4.49. The fraction of sp³-hybridized carbons (Fsp3) is 0.684. The summed E-state index contributed by atoms with van der Waals surface area (Å²) in [6.07, 6.45) is 6.24. The first-order chi connectivity index (χ1) is 10.9. The molecule has 2 nitrogen and oxygen atoms in total. The Morgan fingerprint density at radius 1 is 1.04 bits per heavy atom. The Labute approximate surface area is 157 Å². The number of hydrogen-bond donors (Lipinski definition) is 2. The van der Waals surface area contributed by atoms with E-state index < -0.39 is 5.41 Å². The van der Waals surface area contributed by atoms with Crippen molar-refractivity contribution in [3.05, 3.63) is 34.3 Å². The Morgan fingerprint density at radius 2 is 1.65 bits per heavy atom. The number of benzene rings is 1. The second kappa shape index (κ2) is 10.9. The van der Waals surface area contributed by atoms with E-state index in [0.717, 1.165) is 29.3 Å². The summed E-state index contributed by atoms with van der Waals surface area (Å²) in [5.74, 6) is 0.488. The van der Waals surface area contributed by atoms with Crippen LogP contribution in [-0.2, 0) is 6.42 Å². The zero-order valence-electron chi connectivity index (χ0n) is 14.3. The lowest BCUT2D eigenvalue weighted by molar-refractivity contribution is 0.0338. The molecule has 0 saturated heterocycles. The number of alkyl halides is 1. The number of hydrogen-bond acceptors (Lipinski definition) is 2. The highest BCUT2D eigenvalue weighted by atomic mass is 79.9. The smallest absolute Gasteiger partial charge is 0.0512 e. The normalized spacial score (nSPS) is 14.7. The van der Waals surface area contributed by atoms with Crippen molar-refractivity contribution in [1.29, 1.82) is 0 Å². The van der Waals surface area contributed by atoms with Crippen molar-refractivity contribution in [3.63, 3.8) is 0 Å². The molecule has 4 heteroatoms. The van der Waals surface area contributed by atoms with Crippen molar-refractivity contribution in [2.45, 2.75) is 57.2 Å². The van der Waals surface area contributed by atoms with Crippen LogP contribution >= 0.6 is 31.9 Å². The van der Waals surface area contributed by atoms with Crippen LogP contribution in [0, 0.1) is 11.3 Å². The first-order valence-corrected chi connectivity index (χ1v) is 10.3. The van der Waals surface area contributed by atoms with Gasteiger partial charge in [0.2, 0.25) is 0 Å². The van der Waals surface area contributed by atoms with Gasteiger partial charge in [-0.15, -0.1) is 0 Å². The van der Waals surface area contributed by atoms with Gasteiger partial charge in [-0.05, 0) is 55.7 Å². The van der Waals surface area contributed by atoms with Gasteiger partial charge in [0.1, 0.15) is 0 Å². The fourth-order valence-electron chi connectivity index (χ4n) is 3.16. The van der Waals surface area contributed by atoms with E-state index in [1.165, 1.54) is 12.8 Å². The molecule has 0 radical (unpaired) electrons. The first-order valence-electron chi connectivity index (χ1n) is 8.55. The van der Waals surface area contributed by atoms with E-state index in [0.29, 0.717) is 17.2 Å². The van der Waals surface area contributed by atoms with Crippen LogP contribution in [0.1, 0.15) is 51.5 Å². The molecule has 0 aliphatic carbocycles. The van der Waals surface area contributed by atoms with Crippen LogP contribution in [0.15, 0.2) is 28.7 Å². The van der Waals surface area contributed by atoms with Crippen LogP contribution in [0.3, 0.4) is 0 Å². The Kier molecular flexibility index (Phi) is 9.98. The predicted molar refractivity (Wildman–Crippen MR) is 105 cm³/mol. The van der Waals surface area contributed by atoms with Gasteiger partial charge in [-0.2, -0.15) is 0 Å². The number of aliphatic hydroxyl groups excluding tert-OH is 2. The molecule has 1 aromatic rings. The van der Waals surface area contributed by atoms with Crippen molar-refractivity contribution in [2.24, 2.45) is 11.3 Å². The van der Waals surface area contributed by atoms with Crippen molar-refractivity contribution in [1.82, 2.24) is 0 Å². The third-order valence-corrected chi connectivity index (χ3v) is 5.96. The van der Waals surface area contributed by atoms with Crippen molar-refractivity contribution in [3.8, 4) is 0 Å². The number of rotatable bonds is 11.